The van der Waals surface area contributed by atoms with Crippen LogP contribution in [0.2, 0.25) is 0 Å². The summed E-state index contributed by atoms with van der Waals surface area (Å²) in [6.45, 7) is 7.25. The van der Waals surface area contributed by atoms with Crippen LogP contribution in [0.3, 0.4) is 0 Å². The molecule has 208 valence electrons. The number of likely N-dealkylation sites (tertiary alicyclic amines) is 2. The number of aryl methyl sites for hydroxylation is 2. The van der Waals surface area contributed by atoms with Crippen LogP contribution in [0.5, 0.6) is 5.75 Å². The number of piperidine rings is 1. The number of nitrogens with zero attached hydrogens (tertiary/aromatic N) is 4. The van der Waals surface area contributed by atoms with E-state index in [1.165, 1.54) is 11.4 Å². The zero-order valence-corrected chi connectivity index (χ0v) is 23.7. The van der Waals surface area contributed by atoms with E-state index in [4.69, 9.17) is 9.47 Å². The molecule has 2 aliphatic heterocycles. The highest BCUT2D eigenvalue weighted by molar-refractivity contribution is 7.89. The maximum atomic E-state index is 13.1. The van der Waals surface area contributed by atoms with E-state index in [0.717, 1.165) is 45.3 Å². The van der Waals surface area contributed by atoms with Crippen LogP contribution in [0.25, 0.3) is 0 Å². The SMILES string of the molecule is COc1cc(C)c(S(=O)(=O)N(C)CCOCC(=O)N(C)C2CCCN(C(=O)CN3CCCC3)C2)c(C)c1. The lowest BCUT2D eigenvalue weighted by molar-refractivity contribution is -0.141. The Morgan fingerprint density at radius 2 is 1.70 bits per heavy atom. The monoisotopic (exact) mass is 538 g/mol. The maximum absolute atomic E-state index is 13.1. The Balaban J connectivity index is 1.45. The number of methoxy groups -OCH3 is 1. The average Bonchev–Trinajstić information content (AvgIpc) is 3.38. The lowest BCUT2D eigenvalue weighted by atomic mass is 10.0. The molecule has 10 nitrogen and oxygen atoms in total. The predicted molar refractivity (Wildman–Crippen MR) is 141 cm³/mol. The van der Waals surface area contributed by atoms with Gasteiger partial charge in [0.05, 0.1) is 25.2 Å². The fraction of sp³-hybridized carbons (Fsp3) is 0.692. The average molecular weight is 539 g/mol. The van der Waals surface area contributed by atoms with Gasteiger partial charge in [-0.3, -0.25) is 14.5 Å². The van der Waals surface area contributed by atoms with Gasteiger partial charge in [-0.05, 0) is 75.9 Å². The standard InChI is InChI=1S/C26H42N4O6S/c1-20-15-23(35-5)16-21(2)26(20)37(33,34)27(3)13-14-36-19-25(32)28(4)22-9-8-12-30(17-22)24(31)18-29-10-6-7-11-29/h15-16,22H,6-14,17-19H2,1-5H3. The summed E-state index contributed by atoms with van der Waals surface area (Å²) < 4.78 is 38.3. The van der Waals surface area contributed by atoms with Crippen LogP contribution in [-0.4, -0.2) is 119 Å². The molecule has 2 heterocycles. The summed E-state index contributed by atoms with van der Waals surface area (Å²) >= 11 is 0. The fourth-order valence-corrected chi connectivity index (χ4v) is 6.66. The Hall–Kier alpha value is -2.21. The second kappa shape index (κ2) is 13.0. The third kappa shape index (κ3) is 7.43. The summed E-state index contributed by atoms with van der Waals surface area (Å²) in [7, 11) is 1.08. The minimum Gasteiger partial charge on any atom is -0.497 e. The number of carbonyl (C=O) groups excluding carboxylic acids is 2. The van der Waals surface area contributed by atoms with E-state index in [9.17, 15) is 18.0 Å². The van der Waals surface area contributed by atoms with Crippen molar-refractivity contribution in [3.63, 3.8) is 0 Å². The minimum absolute atomic E-state index is 0.0450. The van der Waals surface area contributed by atoms with Crippen LogP contribution >= 0.6 is 0 Å². The van der Waals surface area contributed by atoms with E-state index in [0.29, 0.717) is 30.0 Å². The lowest BCUT2D eigenvalue weighted by Crippen LogP contribution is -2.52. The Morgan fingerprint density at radius 3 is 2.32 bits per heavy atom. The first-order valence-electron chi connectivity index (χ1n) is 13.0. The number of hydrogen-bond donors (Lipinski definition) is 0. The van der Waals surface area contributed by atoms with Crippen molar-refractivity contribution in [2.75, 3.05) is 73.7 Å². The van der Waals surface area contributed by atoms with E-state index in [1.54, 1.807) is 45.0 Å². The van der Waals surface area contributed by atoms with E-state index in [-0.39, 0.29) is 42.5 Å². The van der Waals surface area contributed by atoms with Crippen LogP contribution in [0.4, 0.5) is 0 Å². The fourth-order valence-electron chi connectivity index (χ4n) is 5.10. The number of carbonyl (C=O) groups is 2. The van der Waals surface area contributed by atoms with Crippen molar-refractivity contribution in [1.29, 1.82) is 0 Å². The Kier molecular flexibility index (Phi) is 10.3. The zero-order chi connectivity index (χ0) is 27.2. The molecular weight excluding hydrogens is 496 g/mol. The van der Waals surface area contributed by atoms with E-state index in [2.05, 4.69) is 4.90 Å². The molecule has 0 aliphatic carbocycles. The van der Waals surface area contributed by atoms with Crippen molar-refractivity contribution in [3.8, 4) is 5.75 Å². The van der Waals surface area contributed by atoms with Crippen LogP contribution < -0.4 is 4.74 Å². The van der Waals surface area contributed by atoms with Crippen molar-refractivity contribution in [1.82, 2.24) is 19.0 Å². The van der Waals surface area contributed by atoms with Gasteiger partial charge < -0.3 is 19.3 Å². The van der Waals surface area contributed by atoms with Crippen molar-refractivity contribution in [3.05, 3.63) is 23.3 Å². The van der Waals surface area contributed by atoms with Gasteiger partial charge in [0.2, 0.25) is 21.8 Å². The molecule has 0 saturated carbocycles. The molecule has 11 heteroatoms. The minimum atomic E-state index is -3.72. The number of benzene rings is 1. The topological polar surface area (TPSA) is 99.7 Å². The van der Waals surface area contributed by atoms with Gasteiger partial charge in [-0.15, -0.1) is 0 Å². The summed E-state index contributed by atoms with van der Waals surface area (Å²) in [5.41, 5.74) is 1.23. The molecule has 2 aliphatic rings. The Bertz CT molecular complexity index is 1030. The summed E-state index contributed by atoms with van der Waals surface area (Å²) in [5, 5.41) is 0. The van der Waals surface area contributed by atoms with Crippen LogP contribution in [0.15, 0.2) is 17.0 Å². The third-order valence-corrected chi connectivity index (χ3v) is 9.52. The van der Waals surface area contributed by atoms with Gasteiger partial charge in [0.1, 0.15) is 12.4 Å². The molecular formula is C26H42N4O6S. The Morgan fingerprint density at radius 1 is 1.05 bits per heavy atom. The highest BCUT2D eigenvalue weighted by Crippen LogP contribution is 2.27. The number of amides is 2. The highest BCUT2D eigenvalue weighted by atomic mass is 32.2. The quantitative estimate of drug-likeness (QED) is 0.394. The van der Waals surface area contributed by atoms with Gasteiger partial charge in [0, 0.05) is 39.8 Å². The molecule has 37 heavy (non-hydrogen) atoms. The second-order valence-electron chi connectivity index (χ2n) is 10.1. The van der Waals surface area contributed by atoms with E-state index in [1.807, 2.05) is 4.90 Å². The summed E-state index contributed by atoms with van der Waals surface area (Å²) in [6, 6.07) is 3.35. The molecule has 1 aromatic rings. The van der Waals surface area contributed by atoms with Gasteiger partial charge in [-0.2, -0.15) is 4.31 Å². The van der Waals surface area contributed by atoms with Crippen molar-refractivity contribution in [2.24, 2.45) is 0 Å². The van der Waals surface area contributed by atoms with Crippen LogP contribution in [-0.2, 0) is 24.3 Å². The molecule has 2 fully saturated rings. The number of likely N-dealkylation sites (N-methyl/N-ethyl adjacent to an activating group) is 2. The second-order valence-corrected chi connectivity index (χ2v) is 12.1. The number of sulfonamides is 1. The summed E-state index contributed by atoms with van der Waals surface area (Å²) in [4.78, 5) is 31.5. The first kappa shape index (κ1) is 29.3. The molecule has 0 spiro atoms. The zero-order valence-electron chi connectivity index (χ0n) is 22.9. The molecule has 2 amide bonds. The summed E-state index contributed by atoms with van der Waals surface area (Å²) in [5.74, 6) is 0.570. The summed E-state index contributed by atoms with van der Waals surface area (Å²) in [6.07, 6.45) is 4.00. The van der Waals surface area contributed by atoms with Crippen LogP contribution in [0.1, 0.15) is 36.8 Å². The van der Waals surface area contributed by atoms with Gasteiger partial charge in [-0.1, -0.05) is 0 Å². The molecule has 2 saturated heterocycles. The van der Waals surface area contributed by atoms with Crippen molar-refractivity contribution >= 4 is 21.8 Å². The van der Waals surface area contributed by atoms with Crippen LogP contribution in [0, 0.1) is 13.8 Å². The normalized spacial score (nSPS) is 18.9. The molecule has 1 aromatic carbocycles. The predicted octanol–water partition coefficient (Wildman–Crippen LogP) is 1.49. The van der Waals surface area contributed by atoms with Gasteiger partial charge in [-0.25, -0.2) is 8.42 Å². The largest absolute Gasteiger partial charge is 0.497 e. The molecule has 0 bridgehead atoms. The smallest absolute Gasteiger partial charge is 0.248 e. The van der Waals surface area contributed by atoms with Crippen molar-refractivity contribution in [2.45, 2.75) is 50.5 Å². The van der Waals surface area contributed by atoms with E-state index < -0.39 is 10.0 Å². The maximum Gasteiger partial charge on any atom is 0.248 e. The first-order chi connectivity index (χ1) is 17.5. The first-order valence-corrected chi connectivity index (χ1v) is 14.4. The molecule has 1 unspecified atom stereocenters. The molecule has 0 N–H and O–H groups in total. The van der Waals surface area contributed by atoms with Gasteiger partial charge >= 0.3 is 0 Å². The Labute approximate surface area is 221 Å². The molecule has 0 aromatic heterocycles. The van der Waals surface area contributed by atoms with Crippen molar-refractivity contribution < 1.29 is 27.5 Å². The third-order valence-electron chi connectivity index (χ3n) is 7.36. The number of ether oxygens (including phenoxy) is 2. The molecule has 3 rings (SSSR count). The number of hydrogen-bond acceptors (Lipinski definition) is 7. The molecule has 0 radical (unpaired) electrons. The van der Waals surface area contributed by atoms with E-state index >= 15 is 0 Å². The van der Waals surface area contributed by atoms with Gasteiger partial charge in [0.25, 0.3) is 0 Å². The lowest BCUT2D eigenvalue weighted by Gasteiger charge is -2.38. The number of rotatable bonds is 11. The molecule has 1 atom stereocenters. The highest BCUT2D eigenvalue weighted by Gasteiger charge is 2.30. The van der Waals surface area contributed by atoms with Gasteiger partial charge in [0.15, 0.2) is 0 Å².